The first-order chi connectivity index (χ1) is 10.4. The molecule has 116 valence electrons. The average molecular weight is 339 g/mol. The molecule has 1 unspecified atom stereocenters. The number of aromatic nitrogens is 3. The lowest BCUT2D eigenvalue weighted by Gasteiger charge is -2.10. The maximum atomic E-state index is 11.9. The molecule has 0 bridgehead atoms. The Hall–Kier alpha value is -1.59. The van der Waals surface area contributed by atoms with Crippen molar-refractivity contribution in [3.8, 4) is 0 Å². The number of nitrogens with zero attached hydrogens (tertiary/aromatic N) is 3. The first-order valence-electron chi connectivity index (χ1n) is 7.00. The van der Waals surface area contributed by atoms with Gasteiger partial charge in [0.2, 0.25) is 0 Å². The van der Waals surface area contributed by atoms with Crippen LogP contribution in [-0.4, -0.2) is 25.2 Å². The Balaban J connectivity index is 1.55. The Kier molecular flexibility index (Phi) is 3.87. The fourth-order valence-corrected chi connectivity index (χ4v) is 3.04. The quantitative estimate of drug-likeness (QED) is 0.852. The molecular weight excluding hydrogens is 323 g/mol. The van der Waals surface area contributed by atoms with Crippen molar-refractivity contribution in [1.82, 2.24) is 20.3 Å². The minimum Gasteiger partial charge on any atom is -0.346 e. The molecule has 7 heteroatoms. The van der Waals surface area contributed by atoms with Gasteiger partial charge >= 0.3 is 0 Å². The monoisotopic (exact) mass is 338 g/mol. The third kappa shape index (κ3) is 3.10. The normalized spacial score (nSPS) is 22.3. The number of alkyl halides is 2. The van der Waals surface area contributed by atoms with Crippen LogP contribution in [0.2, 0.25) is 0 Å². The third-order valence-electron chi connectivity index (χ3n) is 3.93. The van der Waals surface area contributed by atoms with Crippen LogP contribution in [0.3, 0.4) is 0 Å². The molecule has 1 aromatic carbocycles. The van der Waals surface area contributed by atoms with E-state index >= 15 is 0 Å². The number of hydrogen-bond acceptors (Lipinski definition) is 3. The number of hydrogen-bond donors (Lipinski definition) is 1. The van der Waals surface area contributed by atoms with Crippen molar-refractivity contribution < 1.29 is 4.79 Å². The molecule has 1 saturated carbocycles. The van der Waals surface area contributed by atoms with E-state index in [9.17, 15) is 4.79 Å². The number of halogens is 2. The highest BCUT2D eigenvalue weighted by molar-refractivity contribution is 6.51. The highest BCUT2D eigenvalue weighted by Crippen LogP contribution is 2.64. The standard InChI is InChI=1S/C15H16Cl2N4O/c1-14(9-15(14,16)17)10-21-8-12(19-20-21)7-18-13(22)11-5-3-2-4-6-11/h2-6,8H,7,9-10H2,1H3,(H,18,22). The molecule has 5 nitrogen and oxygen atoms in total. The second-order valence-corrected chi connectivity index (χ2v) is 7.38. The Morgan fingerprint density at radius 2 is 2.05 bits per heavy atom. The summed E-state index contributed by atoms with van der Waals surface area (Å²) in [7, 11) is 0. The van der Waals surface area contributed by atoms with Crippen LogP contribution in [0.5, 0.6) is 0 Å². The molecular formula is C15H16Cl2N4O. The number of amides is 1. The number of carbonyl (C=O) groups excluding carboxylic acids is 1. The average Bonchev–Trinajstić information content (AvgIpc) is 2.82. The Bertz CT molecular complexity index is 686. The van der Waals surface area contributed by atoms with Crippen molar-refractivity contribution in [3.05, 3.63) is 47.8 Å². The summed E-state index contributed by atoms with van der Waals surface area (Å²) < 4.78 is 1.04. The topological polar surface area (TPSA) is 59.8 Å². The Labute approximate surface area is 138 Å². The van der Waals surface area contributed by atoms with E-state index in [0.29, 0.717) is 24.3 Å². The smallest absolute Gasteiger partial charge is 0.251 e. The van der Waals surface area contributed by atoms with E-state index < -0.39 is 4.33 Å². The lowest BCUT2D eigenvalue weighted by molar-refractivity contribution is 0.0950. The number of nitrogens with one attached hydrogen (secondary N) is 1. The van der Waals surface area contributed by atoms with Crippen LogP contribution >= 0.6 is 23.2 Å². The minimum atomic E-state index is -0.680. The van der Waals surface area contributed by atoms with Gasteiger partial charge in [0.25, 0.3) is 5.91 Å². The van der Waals surface area contributed by atoms with Crippen molar-refractivity contribution in [2.45, 2.75) is 30.8 Å². The molecule has 0 spiro atoms. The van der Waals surface area contributed by atoms with Crippen molar-refractivity contribution in [2.24, 2.45) is 5.41 Å². The molecule has 1 N–H and O–H groups in total. The van der Waals surface area contributed by atoms with Crippen molar-refractivity contribution in [2.75, 3.05) is 0 Å². The summed E-state index contributed by atoms with van der Waals surface area (Å²) >= 11 is 12.2. The zero-order chi connectivity index (χ0) is 15.8. The molecule has 1 amide bonds. The molecule has 1 aromatic heterocycles. The van der Waals surface area contributed by atoms with Gasteiger partial charge in [-0.3, -0.25) is 9.48 Å². The highest BCUT2D eigenvalue weighted by atomic mass is 35.5. The predicted molar refractivity (Wildman–Crippen MR) is 84.8 cm³/mol. The van der Waals surface area contributed by atoms with Crippen molar-refractivity contribution in [1.29, 1.82) is 0 Å². The van der Waals surface area contributed by atoms with E-state index in [4.69, 9.17) is 23.2 Å². The second kappa shape index (κ2) is 5.56. The summed E-state index contributed by atoms with van der Waals surface area (Å²) in [5.41, 5.74) is 1.15. The van der Waals surface area contributed by atoms with E-state index in [0.717, 1.165) is 6.42 Å². The van der Waals surface area contributed by atoms with Crippen LogP contribution in [0.1, 0.15) is 29.4 Å². The number of benzene rings is 1. The van der Waals surface area contributed by atoms with Crippen LogP contribution in [0.25, 0.3) is 0 Å². The van der Waals surface area contributed by atoms with Crippen molar-refractivity contribution in [3.63, 3.8) is 0 Å². The van der Waals surface area contributed by atoms with Gasteiger partial charge in [0.05, 0.1) is 19.3 Å². The predicted octanol–water partition coefficient (Wildman–Crippen LogP) is 2.79. The molecule has 1 atom stereocenters. The summed E-state index contributed by atoms with van der Waals surface area (Å²) in [6.07, 6.45) is 2.54. The lowest BCUT2D eigenvalue weighted by atomic mass is 10.1. The van der Waals surface area contributed by atoms with E-state index in [-0.39, 0.29) is 11.3 Å². The minimum absolute atomic E-state index is 0.134. The first kappa shape index (κ1) is 15.3. The molecule has 0 radical (unpaired) electrons. The maximum Gasteiger partial charge on any atom is 0.251 e. The molecule has 3 rings (SSSR count). The molecule has 0 aliphatic heterocycles. The zero-order valence-electron chi connectivity index (χ0n) is 12.1. The molecule has 1 aliphatic carbocycles. The molecule has 22 heavy (non-hydrogen) atoms. The van der Waals surface area contributed by atoms with E-state index in [1.807, 2.05) is 25.1 Å². The van der Waals surface area contributed by atoms with Gasteiger partial charge in [0.1, 0.15) is 10.0 Å². The van der Waals surface area contributed by atoms with E-state index in [1.54, 1.807) is 23.0 Å². The van der Waals surface area contributed by atoms with Gasteiger partial charge in [-0.2, -0.15) is 0 Å². The van der Waals surface area contributed by atoms with Gasteiger partial charge in [-0.15, -0.1) is 28.3 Å². The molecule has 2 aromatic rings. The van der Waals surface area contributed by atoms with Gasteiger partial charge in [-0.05, 0) is 18.6 Å². The number of rotatable bonds is 5. The zero-order valence-corrected chi connectivity index (χ0v) is 13.6. The van der Waals surface area contributed by atoms with Gasteiger partial charge in [-0.25, -0.2) is 0 Å². The van der Waals surface area contributed by atoms with Crippen LogP contribution < -0.4 is 5.32 Å². The van der Waals surface area contributed by atoms with Gasteiger partial charge in [-0.1, -0.05) is 30.3 Å². The van der Waals surface area contributed by atoms with E-state index in [1.165, 1.54) is 0 Å². The van der Waals surface area contributed by atoms with Crippen LogP contribution in [0.4, 0.5) is 0 Å². The first-order valence-corrected chi connectivity index (χ1v) is 7.75. The fourth-order valence-electron chi connectivity index (χ4n) is 2.33. The second-order valence-electron chi connectivity index (χ2n) is 5.90. The summed E-state index contributed by atoms with van der Waals surface area (Å²) in [6, 6.07) is 9.05. The Morgan fingerprint density at radius 3 is 2.68 bits per heavy atom. The van der Waals surface area contributed by atoms with Crippen molar-refractivity contribution >= 4 is 29.1 Å². The highest BCUT2D eigenvalue weighted by Gasteiger charge is 2.63. The molecule has 1 heterocycles. The Morgan fingerprint density at radius 1 is 1.36 bits per heavy atom. The van der Waals surface area contributed by atoms with Crippen LogP contribution in [0.15, 0.2) is 36.5 Å². The molecule has 1 fully saturated rings. The molecule has 0 saturated heterocycles. The van der Waals surface area contributed by atoms with Gasteiger partial charge in [0.15, 0.2) is 0 Å². The lowest BCUT2D eigenvalue weighted by Crippen LogP contribution is -2.22. The summed E-state index contributed by atoms with van der Waals surface area (Å²) in [4.78, 5) is 11.9. The van der Waals surface area contributed by atoms with E-state index in [2.05, 4.69) is 15.6 Å². The van der Waals surface area contributed by atoms with Gasteiger partial charge in [0, 0.05) is 11.0 Å². The maximum absolute atomic E-state index is 11.9. The summed E-state index contributed by atoms with van der Waals surface area (Å²) in [6.45, 7) is 2.96. The SMILES string of the molecule is CC1(Cn2cc(CNC(=O)c3ccccc3)nn2)CC1(Cl)Cl. The largest absolute Gasteiger partial charge is 0.346 e. The summed E-state index contributed by atoms with van der Waals surface area (Å²) in [5.74, 6) is -0.134. The third-order valence-corrected chi connectivity index (χ3v) is 5.11. The van der Waals surface area contributed by atoms with Crippen LogP contribution in [-0.2, 0) is 13.1 Å². The number of carbonyl (C=O) groups is 1. The fraction of sp³-hybridized carbons (Fsp3) is 0.400. The van der Waals surface area contributed by atoms with Crippen LogP contribution in [0, 0.1) is 5.41 Å². The van der Waals surface area contributed by atoms with Gasteiger partial charge < -0.3 is 5.32 Å². The summed E-state index contributed by atoms with van der Waals surface area (Å²) in [5, 5.41) is 10.9. The molecule has 1 aliphatic rings.